The number of benzene rings is 2. The molecule has 3 rings (SSSR count). The maximum atomic E-state index is 12.5. The number of non-ortho nitro benzene ring substituents is 1. The molecule has 1 aliphatic heterocycles. The van der Waals surface area contributed by atoms with Crippen LogP contribution in [0.3, 0.4) is 0 Å². The van der Waals surface area contributed by atoms with Crippen LogP contribution in [0.15, 0.2) is 54.6 Å². The molecule has 1 fully saturated rings. The normalized spacial score (nSPS) is 20.6. The molecule has 2 atom stereocenters. The third kappa shape index (κ3) is 3.42. The molecule has 1 aliphatic rings. The van der Waals surface area contributed by atoms with Crippen LogP contribution in [0.5, 0.6) is 0 Å². The molecule has 1 saturated heterocycles. The molecule has 0 unspecified atom stereocenters. The number of amides is 1. The molecule has 0 N–H and O–H groups in total. The summed E-state index contributed by atoms with van der Waals surface area (Å²) < 4.78 is 5.68. The van der Waals surface area contributed by atoms with Crippen molar-refractivity contribution in [2.45, 2.75) is 19.3 Å². The number of hydrogen-bond donors (Lipinski definition) is 0. The average Bonchev–Trinajstić information content (AvgIpc) is 2.61. The Morgan fingerprint density at radius 2 is 1.96 bits per heavy atom. The second-order valence-corrected chi connectivity index (χ2v) is 5.47. The monoisotopic (exact) mass is 328 g/mol. The topological polar surface area (TPSA) is 81.9 Å². The lowest BCUT2D eigenvalue weighted by Gasteiger charge is -2.35. The highest BCUT2D eigenvalue weighted by atomic mass is 16.8. The van der Waals surface area contributed by atoms with Crippen molar-refractivity contribution in [3.63, 3.8) is 0 Å². The second-order valence-electron chi connectivity index (χ2n) is 5.47. The molecule has 1 amide bonds. The number of nitrogens with zero attached hydrogens (tertiary/aromatic N) is 2. The molecule has 1 heterocycles. The van der Waals surface area contributed by atoms with Gasteiger partial charge >= 0.3 is 0 Å². The highest BCUT2D eigenvalue weighted by Gasteiger charge is 2.31. The first kappa shape index (κ1) is 16.1. The van der Waals surface area contributed by atoms with Gasteiger partial charge in [0, 0.05) is 23.3 Å². The van der Waals surface area contributed by atoms with E-state index in [0.717, 1.165) is 0 Å². The lowest BCUT2D eigenvalue weighted by atomic mass is 10.2. The summed E-state index contributed by atoms with van der Waals surface area (Å²) in [6.07, 6.45) is -1.14. The van der Waals surface area contributed by atoms with Gasteiger partial charge in [-0.3, -0.25) is 14.9 Å². The van der Waals surface area contributed by atoms with E-state index in [2.05, 4.69) is 0 Å². The maximum absolute atomic E-state index is 12.5. The fourth-order valence-corrected chi connectivity index (χ4v) is 2.45. The molecule has 0 aromatic heterocycles. The van der Waals surface area contributed by atoms with E-state index in [1.165, 1.54) is 17.2 Å². The molecule has 0 radical (unpaired) electrons. The van der Waals surface area contributed by atoms with Crippen molar-refractivity contribution in [2.75, 3.05) is 6.54 Å². The van der Waals surface area contributed by atoms with Crippen molar-refractivity contribution in [3.8, 4) is 0 Å². The van der Waals surface area contributed by atoms with Gasteiger partial charge in [0.1, 0.15) is 0 Å². The largest absolute Gasteiger partial charge is 0.342 e. The molecule has 0 spiro atoms. The van der Waals surface area contributed by atoms with Crippen molar-refractivity contribution in [1.82, 2.24) is 5.06 Å². The standard InChI is InChI=1S/C17H16N2O5/c1-12-11-18(16(20)13-6-3-2-4-7-13)24-17(23-12)14-8-5-9-15(10-14)19(21)22/h2-10,12,17H,11H2,1H3/t12-,17+/m0/s1. The second kappa shape index (κ2) is 6.77. The van der Waals surface area contributed by atoms with Gasteiger partial charge in [-0.25, -0.2) is 9.90 Å². The van der Waals surface area contributed by atoms with Gasteiger partial charge in [-0.1, -0.05) is 30.3 Å². The zero-order chi connectivity index (χ0) is 17.1. The lowest BCUT2D eigenvalue weighted by Crippen LogP contribution is -2.44. The smallest absolute Gasteiger partial charge is 0.277 e. The third-order valence-corrected chi connectivity index (χ3v) is 3.60. The van der Waals surface area contributed by atoms with Gasteiger partial charge in [0.25, 0.3) is 11.6 Å². The van der Waals surface area contributed by atoms with Gasteiger partial charge in [0.05, 0.1) is 17.6 Å². The SMILES string of the molecule is C[C@H]1CN(C(=O)c2ccccc2)O[C@H](c2cccc([N+](=O)[O-])c2)O1. The first-order valence-corrected chi connectivity index (χ1v) is 7.48. The number of ether oxygens (including phenoxy) is 1. The Morgan fingerprint density at radius 1 is 1.21 bits per heavy atom. The summed E-state index contributed by atoms with van der Waals surface area (Å²) in [4.78, 5) is 28.6. The average molecular weight is 328 g/mol. The van der Waals surface area contributed by atoms with Crippen LogP contribution < -0.4 is 0 Å². The van der Waals surface area contributed by atoms with Gasteiger partial charge in [-0.05, 0) is 19.1 Å². The van der Waals surface area contributed by atoms with Crippen LogP contribution in [0.25, 0.3) is 0 Å². The van der Waals surface area contributed by atoms with Gasteiger partial charge in [0.2, 0.25) is 6.29 Å². The minimum absolute atomic E-state index is 0.0566. The quantitative estimate of drug-likeness (QED) is 0.639. The number of hydroxylamine groups is 2. The van der Waals surface area contributed by atoms with E-state index in [-0.39, 0.29) is 24.2 Å². The van der Waals surface area contributed by atoms with Crippen molar-refractivity contribution in [3.05, 3.63) is 75.8 Å². The van der Waals surface area contributed by atoms with Crippen molar-refractivity contribution >= 4 is 11.6 Å². The molecular weight excluding hydrogens is 312 g/mol. The van der Waals surface area contributed by atoms with Gasteiger partial charge in [0.15, 0.2) is 0 Å². The van der Waals surface area contributed by atoms with Crippen LogP contribution in [0.2, 0.25) is 0 Å². The van der Waals surface area contributed by atoms with Crippen molar-refractivity contribution in [1.29, 1.82) is 0 Å². The number of rotatable bonds is 3. The van der Waals surface area contributed by atoms with E-state index in [4.69, 9.17) is 9.57 Å². The van der Waals surface area contributed by atoms with E-state index in [0.29, 0.717) is 11.1 Å². The number of nitro benzene ring substituents is 1. The Labute approximate surface area is 138 Å². The summed E-state index contributed by atoms with van der Waals surface area (Å²) >= 11 is 0. The number of carbonyl (C=O) groups excluding carboxylic acids is 1. The summed E-state index contributed by atoms with van der Waals surface area (Å²) in [5, 5.41) is 12.2. The fourth-order valence-electron chi connectivity index (χ4n) is 2.45. The predicted octanol–water partition coefficient (Wildman–Crippen LogP) is 3.09. The molecule has 7 heteroatoms. The molecule has 0 saturated carbocycles. The van der Waals surface area contributed by atoms with Crippen LogP contribution in [-0.4, -0.2) is 28.5 Å². The number of carbonyl (C=O) groups is 1. The minimum atomic E-state index is -0.874. The summed E-state index contributed by atoms with van der Waals surface area (Å²) in [6.45, 7) is 2.09. The van der Waals surface area contributed by atoms with Crippen LogP contribution in [0, 0.1) is 10.1 Å². The highest BCUT2D eigenvalue weighted by Crippen LogP contribution is 2.29. The zero-order valence-corrected chi connectivity index (χ0v) is 13.0. The zero-order valence-electron chi connectivity index (χ0n) is 13.0. The Balaban J connectivity index is 1.82. The Kier molecular flexibility index (Phi) is 4.54. The van der Waals surface area contributed by atoms with Crippen molar-refractivity contribution in [2.24, 2.45) is 0 Å². The summed E-state index contributed by atoms with van der Waals surface area (Å²) in [5.74, 6) is -0.277. The molecular formula is C17H16N2O5. The molecule has 2 aromatic rings. The minimum Gasteiger partial charge on any atom is -0.342 e. The highest BCUT2D eigenvalue weighted by molar-refractivity contribution is 5.93. The van der Waals surface area contributed by atoms with Crippen LogP contribution in [-0.2, 0) is 9.57 Å². The summed E-state index contributed by atoms with van der Waals surface area (Å²) in [7, 11) is 0. The van der Waals surface area contributed by atoms with Gasteiger partial charge in [-0.15, -0.1) is 0 Å². The van der Waals surface area contributed by atoms with E-state index in [9.17, 15) is 14.9 Å². The Bertz CT molecular complexity index is 750. The van der Waals surface area contributed by atoms with Crippen LogP contribution >= 0.6 is 0 Å². The molecule has 24 heavy (non-hydrogen) atoms. The van der Waals surface area contributed by atoms with E-state index < -0.39 is 11.2 Å². The van der Waals surface area contributed by atoms with E-state index in [1.54, 1.807) is 36.4 Å². The molecule has 7 nitrogen and oxygen atoms in total. The van der Waals surface area contributed by atoms with Crippen LogP contribution in [0.4, 0.5) is 5.69 Å². The van der Waals surface area contributed by atoms with Gasteiger partial charge < -0.3 is 4.74 Å². The van der Waals surface area contributed by atoms with Crippen molar-refractivity contribution < 1.29 is 19.3 Å². The number of nitro groups is 1. The molecule has 2 aromatic carbocycles. The summed E-state index contributed by atoms with van der Waals surface area (Å²) in [5.41, 5.74) is 0.935. The Hall–Kier alpha value is -2.77. The van der Waals surface area contributed by atoms with E-state index in [1.807, 2.05) is 13.0 Å². The first-order valence-electron chi connectivity index (χ1n) is 7.48. The lowest BCUT2D eigenvalue weighted by molar-refractivity contribution is -0.385. The maximum Gasteiger partial charge on any atom is 0.277 e. The third-order valence-electron chi connectivity index (χ3n) is 3.60. The number of hydrogen-bond acceptors (Lipinski definition) is 5. The summed E-state index contributed by atoms with van der Waals surface area (Å²) in [6, 6.07) is 14.8. The fraction of sp³-hybridized carbons (Fsp3) is 0.235. The van der Waals surface area contributed by atoms with Crippen LogP contribution in [0.1, 0.15) is 29.1 Å². The molecule has 0 aliphatic carbocycles. The molecule has 0 bridgehead atoms. The Morgan fingerprint density at radius 3 is 2.67 bits per heavy atom. The predicted molar refractivity (Wildman–Crippen MR) is 84.9 cm³/mol. The molecule has 124 valence electrons. The van der Waals surface area contributed by atoms with E-state index >= 15 is 0 Å². The van der Waals surface area contributed by atoms with Gasteiger partial charge in [-0.2, -0.15) is 0 Å². The first-order chi connectivity index (χ1) is 11.5.